The highest BCUT2D eigenvalue weighted by Crippen LogP contribution is 2.37. The molecule has 0 aliphatic carbocycles. The number of para-hydroxylation sites is 1. The number of sulfonamides is 1. The predicted molar refractivity (Wildman–Crippen MR) is 154 cm³/mol. The monoisotopic (exact) mass is 566 g/mol. The first kappa shape index (κ1) is 29.6. The number of carbonyl (C=O) groups excluding carboxylic acids is 1. The predicted octanol–water partition coefficient (Wildman–Crippen LogP) is 5.51. The van der Waals surface area contributed by atoms with E-state index < -0.39 is 21.9 Å². The summed E-state index contributed by atoms with van der Waals surface area (Å²) in [4.78, 5) is 24.6. The summed E-state index contributed by atoms with van der Waals surface area (Å²) < 4.78 is 37.1. The summed E-state index contributed by atoms with van der Waals surface area (Å²) in [5, 5.41) is 9.85. The second kappa shape index (κ2) is 11.6. The lowest BCUT2D eigenvalue weighted by atomic mass is 9.87. The molecule has 2 aromatic carbocycles. The number of hydrogen-bond donors (Lipinski definition) is 1. The highest BCUT2D eigenvalue weighted by molar-refractivity contribution is 7.89. The molecule has 3 aromatic rings. The maximum absolute atomic E-state index is 13.8. The quantitative estimate of drug-likeness (QED) is 0.342. The van der Waals surface area contributed by atoms with Gasteiger partial charge in [0.2, 0.25) is 10.0 Å². The number of aliphatic carboxylic acids is 1. The van der Waals surface area contributed by atoms with Gasteiger partial charge in [0.05, 0.1) is 13.0 Å². The summed E-state index contributed by atoms with van der Waals surface area (Å²) in [6.45, 7) is 9.55. The summed E-state index contributed by atoms with van der Waals surface area (Å²) in [5.74, 6) is -1.18. The van der Waals surface area contributed by atoms with Crippen molar-refractivity contribution >= 4 is 21.8 Å². The molecule has 2 atom stereocenters. The van der Waals surface area contributed by atoms with Gasteiger partial charge in [0.1, 0.15) is 16.7 Å². The van der Waals surface area contributed by atoms with Crippen LogP contribution in [0.1, 0.15) is 83.0 Å². The van der Waals surface area contributed by atoms with Crippen molar-refractivity contribution in [2.75, 3.05) is 6.54 Å². The molecule has 8 nitrogen and oxygen atoms in total. The van der Waals surface area contributed by atoms with Gasteiger partial charge in [-0.2, -0.15) is 4.31 Å². The van der Waals surface area contributed by atoms with E-state index in [4.69, 9.17) is 4.74 Å². The molecule has 0 fully saturated rings. The van der Waals surface area contributed by atoms with E-state index in [1.165, 1.54) is 11.2 Å². The minimum Gasteiger partial charge on any atom is -0.488 e. The third-order valence-corrected chi connectivity index (χ3v) is 9.80. The van der Waals surface area contributed by atoms with Gasteiger partial charge in [0, 0.05) is 36.5 Å². The van der Waals surface area contributed by atoms with E-state index >= 15 is 0 Å². The van der Waals surface area contributed by atoms with Gasteiger partial charge in [-0.05, 0) is 68.5 Å². The molecular formula is C31H38N2O6S. The molecule has 0 amide bonds. The number of Topliss-reactive ketones (excluding diaryl/α,β-unsaturated/α-hetero) is 1. The molecule has 0 saturated carbocycles. The van der Waals surface area contributed by atoms with Crippen LogP contribution < -0.4 is 4.74 Å². The molecule has 1 N–H and O–H groups in total. The van der Waals surface area contributed by atoms with Gasteiger partial charge in [-0.3, -0.25) is 9.59 Å². The van der Waals surface area contributed by atoms with E-state index in [9.17, 15) is 23.1 Å². The van der Waals surface area contributed by atoms with E-state index in [2.05, 4.69) is 0 Å². The van der Waals surface area contributed by atoms with Gasteiger partial charge >= 0.3 is 5.97 Å². The fraction of sp³-hybridized carbons (Fsp3) is 0.419. The summed E-state index contributed by atoms with van der Waals surface area (Å²) in [6.07, 6.45) is 1.11. The second-order valence-corrected chi connectivity index (χ2v) is 12.6. The van der Waals surface area contributed by atoms with Crippen molar-refractivity contribution in [1.29, 1.82) is 0 Å². The third kappa shape index (κ3) is 5.58. The standard InChI is InChI=1S/C31H38N2O6S/c1-7-10-25-18-33(40(37,38)28-12-9-8-11-27(28)39-25)17-24-15-23(14-13-19(24)2)26(16-29(35)36)31-20(3)30(22(5)34)21(4)32(31)6/h8-9,11-15,25-26H,7,10,16-18H2,1-6H3,(H,35,36)/t25-,26?/m1/s1. The molecule has 4 rings (SSSR count). The first-order chi connectivity index (χ1) is 18.9. The van der Waals surface area contributed by atoms with Crippen LogP contribution >= 0.6 is 0 Å². The van der Waals surface area contributed by atoms with Crippen LogP contribution in [-0.4, -0.2) is 46.8 Å². The highest BCUT2D eigenvalue weighted by Gasteiger charge is 2.35. The van der Waals surface area contributed by atoms with Crippen molar-refractivity contribution in [3.8, 4) is 5.75 Å². The second-order valence-electron chi connectivity index (χ2n) is 10.7. The van der Waals surface area contributed by atoms with Crippen LogP contribution in [0.2, 0.25) is 0 Å². The summed E-state index contributed by atoms with van der Waals surface area (Å²) in [5.41, 5.74) is 5.40. The molecule has 0 spiro atoms. The molecule has 0 saturated heterocycles. The van der Waals surface area contributed by atoms with Crippen LogP contribution in [0.15, 0.2) is 47.4 Å². The number of rotatable bonds is 9. The van der Waals surface area contributed by atoms with Gasteiger partial charge in [-0.15, -0.1) is 0 Å². The lowest BCUT2D eigenvalue weighted by molar-refractivity contribution is -0.137. The molecule has 1 aliphatic rings. The fourth-order valence-electron chi connectivity index (χ4n) is 5.89. The topological polar surface area (TPSA) is 106 Å². The van der Waals surface area contributed by atoms with E-state index in [1.54, 1.807) is 24.3 Å². The van der Waals surface area contributed by atoms with Crippen LogP contribution in [0.3, 0.4) is 0 Å². The largest absolute Gasteiger partial charge is 0.488 e. The Hall–Kier alpha value is -3.43. The molecule has 214 valence electrons. The Morgan fingerprint density at radius 2 is 1.82 bits per heavy atom. The first-order valence-electron chi connectivity index (χ1n) is 13.6. The average Bonchev–Trinajstić information content (AvgIpc) is 3.04. The Morgan fingerprint density at radius 1 is 1.12 bits per heavy atom. The number of nitrogens with zero attached hydrogens (tertiary/aromatic N) is 2. The highest BCUT2D eigenvalue weighted by atomic mass is 32.2. The smallest absolute Gasteiger partial charge is 0.304 e. The van der Waals surface area contributed by atoms with Crippen molar-refractivity contribution in [2.45, 2.75) is 77.3 Å². The molecule has 2 heterocycles. The molecular weight excluding hydrogens is 528 g/mol. The van der Waals surface area contributed by atoms with E-state index in [0.717, 1.165) is 40.1 Å². The third-order valence-electron chi connectivity index (χ3n) is 7.95. The molecule has 1 aromatic heterocycles. The van der Waals surface area contributed by atoms with Crippen molar-refractivity contribution in [3.63, 3.8) is 0 Å². The zero-order valence-electron chi connectivity index (χ0n) is 24.0. The van der Waals surface area contributed by atoms with E-state index in [1.807, 2.05) is 57.5 Å². The molecule has 0 bridgehead atoms. The number of aromatic nitrogens is 1. The number of carboxylic acids is 1. The molecule has 1 unspecified atom stereocenters. The minimum absolute atomic E-state index is 0.0639. The van der Waals surface area contributed by atoms with Crippen molar-refractivity contribution in [2.24, 2.45) is 7.05 Å². The maximum atomic E-state index is 13.8. The molecule has 0 radical (unpaired) electrons. The Labute approximate surface area is 236 Å². The normalized spacial score (nSPS) is 17.5. The zero-order valence-corrected chi connectivity index (χ0v) is 24.8. The number of carbonyl (C=O) groups is 2. The number of fused-ring (bicyclic) bond motifs is 1. The van der Waals surface area contributed by atoms with Crippen LogP contribution in [0, 0.1) is 20.8 Å². The van der Waals surface area contributed by atoms with Crippen LogP contribution in [0.5, 0.6) is 5.75 Å². The summed E-state index contributed by atoms with van der Waals surface area (Å²) in [6, 6.07) is 12.5. The van der Waals surface area contributed by atoms with Crippen LogP contribution in [0.4, 0.5) is 0 Å². The Bertz CT molecular complexity index is 1560. The molecule has 9 heteroatoms. The van der Waals surface area contributed by atoms with Gasteiger partial charge in [-0.25, -0.2) is 8.42 Å². The van der Waals surface area contributed by atoms with Crippen molar-refractivity contribution < 1.29 is 27.9 Å². The van der Waals surface area contributed by atoms with E-state index in [0.29, 0.717) is 17.7 Å². The minimum atomic E-state index is -3.84. The van der Waals surface area contributed by atoms with Crippen molar-refractivity contribution in [1.82, 2.24) is 8.87 Å². The first-order valence-corrected chi connectivity index (χ1v) is 15.0. The number of carboxylic acid groups (broad SMARTS) is 1. The average molecular weight is 567 g/mol. The molecule has 40 heavy (non-hydrogen) atoms. The lowest BCUT2D eigenvalue weighted by Gasteiger charge is -2.25. The number of aryl methyl sites for hydroxylation is 1. The van der Waals surface area contributed by atoms with Gasteiger partial charge < -0.3 is 14.4 Å². The maximum Gasteiger partial charge on any atom is 0.304 e. The Kier molecular flexibility index (Phi) is 8.56. The van der Waals surface area contributed by atoms with Crippen molar-refractivity contribution in [3.05, 3.63) is 81.7 Å². The number of ketones is 1. The van der Waals surface area contributed by atoms with Crippen LogP contribution in [-0.2, 0) is 28.4 Å². The summed E-state index contributed by atoms with van der Waals surface area (Å²) >= 11 is 0. The number of benzene rings is 2. The Morgan fingerprint density at radius 3 is 2.45 bits per heavy atom. The van der Waals surface area contributed by atoms with Gasteiger partial charge in [0.15, 0.2) is 5.78 Å². The Balaban J connectivity index is 1.80. The summed E-state index contributed by atoms with van der Waals surface area (Å²) in [7, 11) is -1.99. The van der Waals surface area contributed by atoms with Gasteiger partial charge in [-0.1, -0.05) is 43.7 Å². The number of ether oxygens (including phenoxy) is 1. The number of hydrogen-bond acceptors (Lipinski definition) is 5. The zero-order chi connectivity index (χ0) is 29.4. The lowest BCUT2D eigenvalue weighted by Crippen LogP contribution is -2.36. The van der Waals surface area contributed by atoms with Crippen LogP contribution in [0.25, 0.3) is 0 Å². The van der Waals surface area contributed by atoms with Gasteiger partial charge in [0.25, 0.3) is 0 Å². The fourth-order valence-corrected chi connectivity index (χ4v) is 7.46. The SMILES string of the molecule is CCC[C@@H]1CN(Cc2cc(C(CC(=O)O)c3c(C)c(C(C)=O)c(C)n3C)ccc2C)S(=O)(=O)c2ccccc2O1. The van der Waals surface area contributed by atoms with E-state index in [-0.39, 0.29) is 36.3 Å². The molecule has 1 aliphatic heterocycles.